The van der Waals surface area contributed by atoms with E-state index in [4.69, 9.17) is 4.74 Å². The number of fused-ring (bicyclic) bond motifs is 1. The second kappa shape index (κ2) is 7.34. The van der Waals surface area contributed by atoms with Crippen molar-refractivity contribution in [3.8, 4) is 5.75 Å². The molecule has 0 aliphatic heterocycles. The fourth-order valence-corrected chi connectivity index (χ4v) is 3.66. The van der Waals surface area contributed by atoms with E-state index >= 15 is 0 Å². The lowest BCUT2D eigenvalue weighted by Gasteiger charge is -2.21. The quantitative estimate of drug-likeness (QED) is 0.721. The zero-order valence-electron chi connectivity index (χ0n) is 15.4. The summed E-state index contributed by atoms with van der Waals surface area (Å²) in [7, 11) is 1.98. The molecule has 1 aliphatic rings. The smallest absolute Gasteiger partial charge is 0.146 e. The van der Waals surface area contributed by atoms with Crippen LogP contribution in [0.2, 0.25) is 0 Å². The van der Waals surface area contributed by atoms with Gasteiger partial charge in [-0.3, -0.25) is 0 Å². The minimum atomic E-state index is 0.301. The van der Waals surface area contributed by atoms with Crippen LogP contribution < -0.4 is 10.1 Å². The van der Waals surface area contributed by atoms with Crippen molar-refractivity contribution >= 4 is 0 Å². The number of hydrogen-bond donors (Lipinski definition) is 1. The summed E-state index contributed by atoms with van der Waals surface area (Å²) in [6.45, 7) is 2.71. The van der Waals surface area contributed by atoms with Crippen molar-refractivity contribution < 1.29 is 4.74 Å². The fourth-order valence-electron chi connectivity index (χ4n) is 3.66. The minimum absolute atomic E-state index is 0.301. The van der Waals surface area contributed by atoms with Crippen molar-refractivity contribution in [3.63, 3.8) is 0 Å². The lowest BCUT2D eigenvalue weighted by molar-refractivity contribution is 0.291. The molecule has 26 heavy (non-hydrogen) atoms. The van der Waals surface area contributed by atoms with Crippen LogP contribution in [0.15, 0.2) is 60.9 Å². The largest absolute Gasteiger partial charge is 0.486 e. The first-order valence-corrected chi connectivity index (χ1v) is 9.23. The fraction of sp³-hybridized carbons (Fsp3) is 0.318. The molecule has 134 valence electrons. The molecule has 4 rings (SSSR count). The second-order valence-corrected chi connectivity index (χ2v) is 6.99. The van der Waals surface area contributed by atoms with Gasteiger partial charge >= 0.3 is 0 Å². The lowest BCUT2D eigenvalue weighted by Crippen LogP contribution is -2.22. The summed E-state index contributed by atoms with van der Waals surface area (Å²) in [6, 6.07) is 17.9. The first-order valence-electron chi connectivity index (χ1n) is 9.23. The standard InChI is InChI=1S/C22H25N3O/c1-16(24-21-12-9-18-5-3-4-6-20(18)21)17-7-10-19(11-8-17)26-15-22-23-13-14-25(22)2/h3-8,10-11,13-14,16,21,24H,9,12,15H2,1-2H3/t16-,21+/m0/s1. The molecule has 0 amide bonds. The Labute approximate surface area is 154 Å². The Morgan fingerprint density at radius 1 is 1.19 bits per heavy atom. The normalized spacial score (nSPS) is 17.1. The number of aromatic nitrogens is 2. The third-order valence-electron chi connectivity index (χ3n) is 5.25. The molecule has 2 atom stereocenters. The van der Waals surface area contributed by atoms with Gasteiger partial charge in [0.05, 0.1) is 0 Å². The van der Waals surface area contributed by atoms with Crippen LogP contribution in [-0.2, 0) is 20.1 Å². The number of benzene rings is 2. The van der Waals surface area contributed by atoms with Gasteiger partial charge in [0.1, 0.15) is 18.2 Å². The van der Waals surface area contributed by atoms with Crippen LogP contribution in [0.5, 0.6) is 5.75 Å². The Morgan fingerprint density at radius 3 is 2.77 bits per heavy atom. The molecular formula is C22H25N3O. The third kappa shape index (κ3) is 3.51. The predicted octanol–water partition coefficient (Wildman–Crippen LogP) is 4.34. The van der Waals surface area contributed by atoms with Gasteiger partial charge in [-0.1, -0.05) is 36.4 Å². The number of nitrogens with one attached hydrogen (secondary N) is 1. The van der Waals surface area contributed by atoms with Gasteiger partial charge in [-0.15, -0.1) is 0 Å². The van der Waals surface area contributed by atoms with Gasteiger partial charge in [-0.05, 0) is 48.6 Å². The van der Waals surface area contributed by atoms with E-state index in [1.807, 2.05) is 29.9 Å². The monoisotopic (exact) mass is 347 g/mol. The number of imidazole rings is 1. The van der Waals surface area contributed by atoms with E-state index in [1.165, 1.54) is 29.5 Å². The molecule has 1 aliphatic carbocycles. The van der Waals surface area contributed by atoms with Crippen molar-refractivity contribution in [1.82, 2.24) is 14.9 Å². The van der Waals surface area contributed by atoms with E-state index in [1.54, 1.807) is 6.20 Å². The van der Waals surface area contributed by atoms with E-state index in [0.717, 1.165) is 11.6 Å². The maximum absolute atomic E-state index is 5.84. The number of ether oxygens (including phenoxy) is 1. The maximum Gasteiger partial charge on any atom is 0.146 e. The molecule has 2 aromatic carbocycles. The van der Waals surface area contributed by atoms with E-state index in [9.17, 15) is 0 Å². The molecule has 4 heteroatoms. The average Bonchev–Trinajstić information content (AvgIpc) is 3.27. The first kappa shape index (κ1) is 16.9. The number of hydrogen-bond acceptors (Lipinski definition) is 3. The van der Waals surface area contributed by atoms with E-state index in [0.29, 0.717) is 18.7 Å². The van der Waals surface area contributed by atoms with Gasteiger partial charge in [0.15, 0.2) is 0 Å². The Balaban J connectivity index is 1.37. The Morgan fingerprint density at radius 2 is 2.00 bits per heavy atom. The maximum atomic E-state index is 5.84. The van der Waals surface area contributed by atoms with Crippen molar-refractivity contribution in [2.24, 2.45) is 7.05 Å². The van der Waals surface area contributed by atoms with Crippen LogP contribution in [0.1, 0.15) is 47.9 Å². The second-order valence-electron chi connectivity index (χ2n) is 6.99. The topological polar surface area (TPSA) is 39.1 Å². The molecule has 0 bridgehead atoms. The van der Waals surface area contributed by atoms with Crippen LogP contribution in [0.3, 0.4) is 0 Å². The number of rotatable bonds is 6. The molecular weight excluding hydrogens is 322 g/mol. The molecule has 0 fully saturated rings. The predicted molar refractivity (Wildman–Crippen MR) is 103 cm³/mol. The number of aryl methyl sites for hydroxylation is 2. The summed E-state index contributed by atoms with van der Waals surface area (Å²) in [5.41, 5.74) is 4.21. The van der Waals surface area contributed by atoms with Crippen LogP contribution in [-0.4, -0.2) is 9.55 Å². The molecule has 4 nitrogen and oxygen atoms in total. The molecule has 1 heterocycles. The summed E-state index contributed by atoms with van der Waals surface area (Å²) >= 11 is 0. The number of nitrogens with zero attached hydrogens (tertiary/aromatic N) is 2. The highest BCUT2D eigenvalue weighted by Crippen LogP contribution is 2.33. The van der Waals surface area contributed by atoms with Gasteiger partial charge in [0, 0.05) is 31.5 Å². The zero-order chi connectivity index (χ0) is 17.9. The Bertz CT molecular complexity index is 869. The van der Waals surface area contributed by atoms with E-state index < -0.39 is 0 Å². The molecule has 1 N–H and O–H groups in total. The van der Waals surface area contributed by atoms with Crippen LogP contribution in [0, 0.1) is 0 Å². The van der Waals surface area contributed by atoms with Gasteiger partial charge in [-0.2, -0.15) is 0 Å². The molecule has 0 spiro atoms. The summed E-state index contributed by atoms with van der Waals surface area (Å²) in [5, 5.41) is 3.78. The first-order chi connectivity index (χ1) is 12.7. The third-order valence-corrected chi connectivity index (χ3v) is 5.25. The van der Waals surface area contributed by atoms with Crippen molar-refractivity contribution in [1.29, 1.82) is 0 Å². The van der Waals surface area contributed by atoms with Crippen LogP contribution in [0.4, 0.5) is 0 Å². The van der Waals surface area contributed by atoms with Gasteiger partial charge in [-0.25, -0.2) is 4.98 Å². The SMILES string of the molecule is C[C@H](N[C@@H]1CCc2ccccc21)c1ccc(OCc2nccn2C)cc1. The highest BCUT2D eigenvalue weighted by Gasteiger charge is 2.23. The lowest BCUT2D eigenvalue weighted by atomic mass is 10.0. The summed E-state index contributed by atoms with van der Waals surface area (Å²) < 4.78 is 7.81. The van der Waals surface area contributed by atoms with Gasteiger partial charge in [0.25, 0.3) is 0 Å². The van der Waals surface area contributed by atoms with E-state index in [2.05, 4.69) is 53.6 Å². The van der Waals surface area contributed by atoms with Crippen molar-refractivity contribution in [2.75, 3.05) is 0 Å². The molecule has 0 unspecified atom stereocenters. The Kier molecular flexibility index (Phi) is 4.76. The highest BCUT2D eigenvalue weighted by atomic mass is 16.5. The van der Waals surface area contributed by atoms with Crippen LogP contribution >= 0.6 is 0 Å². The zero-order valence-corrected chi connectivity index (χ0v) is 15.4. The molecule has 0 saturated heterocycles. The average molecular weight is 347 g/mol. The Hall–Kier alpha value is -2.59. The molecule has 3 aromatic rings. The van der Waals surface area contributed by atoms with Gasteiger partial charge < -0.3 is 14.6 Å². The van der Waals surface area contributed by atoms with Crippen molar-refractivity contribution in [2.45, 2.75) is 38.5 Å². The van der Waals surface area contributed by atoms with Crippen molar-refractivity contribution in [3.05, 3.63) is 83.4 Å². The highest BCUT2D eigenvalue weighted by molar-refractivity contribution is 5.35. The minimum Gasteiger partial charge on any atom is -0.486 e. The van der Waals surface area contributed by atoms with Gasteiger partial charge in [0.2, 0.25) is 0 Å². The molecule has 0 saturated carbocycles. The van der Waals surface area contributed by atoms with E-state index in [-0.39, 0.29) is 0 Å². The summed E-state index contributed by atoms with van der Waals surface area (Å²) in [5.74, 6) is 1.79. The summed E-state index contributed by atoms with van der Waals surface area (Å²) in [6.07, 6.45) is 6.06. The molecule has 0 radical (unpaired) electrons. The van der Waals surface area contributed by atoms with Crippen LogP contribution in [0.25, 0.3) is 0 Å². The summed E-state index contributed by atoms with van der Waals surface area (Å²) in [4.78, 5) is 4.28. The molecule has 1 aromatic heterocycles.